The zero-order valence-electron chi connectivity index (χ0n) is 18.3. The van der Waals surface area contributed by atoms with Gasteiger partial charge in [-0.2, -0.15) is 0 Å². The molecule has 0 N–H and O–H groups in total. The van der Waals surface area contributed by atoms with Gasteiger partial charge >= 0.3 is 0 Å². The van der Waals surface area contributed by atoms with Gasteiger partial charge in [0.2, 0.25) is 0 Å². The summed E-state index contributed by atoms with van der Waals surface area (Å²) in [5, 5.41) is 0.467. The quantitative estimate of drug-likeness (QED) is 0.493. The van der Waals surface area contributed by atoms with Crippen LogP contribution in [-0.2, 0) is 27.9 Å². The van der Waals surface area contributed by atoms with E-state index in [4.69, 9.17) is 35.3 Å². The Kier molecular flexibility index (Phi) is 6.16. The van der Waals surface area contributed by atoms with Crippen molar-refractivity contribution in [2.24, 2.45) is 0 Å². The Morgan fingerprint density at radius 1 is 0.971 bits per heavy atom. The molecule has 34 heavy (non-hydrogen) atoms. The third kappa shape index (κ3) is 4.34. The molecular weight excluding hydrogens is 482 g/mol. The van der Waals surface area contributed by atoms with Crippen molar-refractivity contribution in [3.63, 3.8) is 0 Å². The van der Waals surface area contributed by atoms with Gasteiger partial charge in [0.1, 0.15) is 24.7 Å². The molecule has 8 nitrogen and oxygen atoms in total. The summed E-state index contributed by atoms with van der Waals surface area (Å²) in [6, 6.07) is 14.9. The minimum absolute atomic E-state index is 0.00794. The largest absolute Gasteiger partial charge is 0.497 e. The maximum Gasteiger partial charge on any atom is 0.264 e. The molecule has 2 heterocycles. The molecule has 3 aromatic rings. The van der Waals surface area contributed by atoms with Crippen LogP contribution in [0.3, 0.4) is 0 Å². The maximum absolute atomic E-state index is 13.9. The van der Waals surface area contributed by atoms with E-state index in [1.54, 1.807) is 49.6 Å². The van der Waals surface area contributed by atoms with E-state index < -0.39 is 10.0 Å². The predicted molar refractivity (Wildman–Crippen MR) is 126 cm³/mol. The maximum atomic E-state index is 13.9. The van der Waals surface area contributed by atoms with Crippen LogP contribution in [0.1, 0.15) is 11.1 Å². The van der Waals surface area contributed by atoms with Gasteiger partial charge in [-0.15, -0.1) is 0 Å². The molecule has 3 aromatic carbocycles. The molecule has 10 heteroatoms. The summed E-state index contributed by atoms with van der Waals surface area (Å²) in [7, 11) is -2.47. The fourth-order valence-corrected chi connectivity index (χ4v) is 5.63. The zero-order valence-corrected chi connectivity index (χ0v) is 19.9. The predicted octanol–water partition coefficient (Wildman–Crippen LogP) is 4.38. The van der Waals surface area contributed by atoms with Gasteiger partial charge < -0.3 is 23.7 Å². The van der Waals surface area contributed by atoms with E-state index >= 15 is 0 Å². The van der Waals surface area contributed by atoms with Crippen molar-refractivity contribution in [1.29, 1.82) is 0 Å². The molecule has 0 amide bonds. The second kappa shape index (κ2) is 9.25. The summed E-state index contributed by atoms with van der Waals surface area (Å²) in [5.74, 6) is 2.09. The van der Waals surface area contributed by atoms with Crippen LogP contribution in [-0.4, -0.2) is 35.5 Å². The van der Waals surface area contributed by atoms with E-state index in [0.29, 0.717) is 59.1 Å². The summed E-state index contributed by atoms with van der Waals surface area (Å²) in [6.45, 7) is 1.18. The Balaban J connectivity index is 1.60. The van der Waals surface area contributed by atoms with Crippen molar-refractivity contribution >= 4 is 27.3 Å². The lowest BCUT2D eigenvalue weighted by Crippen LogP contribution is -2.31. The number of benzene rings is 3. The number of hydrogen-bond donors (Lipinski definition) is 0. The van der Waals surface area contributed by atoms with Crippen LogP contribution in [0.25, 0.3) is 0 Å². The Bertz CT molecular complexity index is 1310. The smallest absolute Gasteiger partial charge is 0.264 e. The highest BCUT2D eigenvalue weighted by Crippen LogP contribution is 2.37. The fraction of sp³-hybridized carbons (Fsp3) is 0.250. The van der Waals surface area contributed by atoms with Gasteiger partial charge in [0.05, 0.1) is 30.8 Å². The highest BCUT2D eigenvalue weighted by atomic mass is 35.5. The molecule has 178 valence electrons. The molecule has 0 saturated heterocycles. The average molecular weight is 504 g/mol. The van der Waals surface area contributed by atoms with Gasteiger partial charge in [-0.1, -0.05) is 11.6 Å². The minimum atomic E-state index is -4.02. The molecule has 2 aliphatic heterocycles. The van der Waals surface area contributed by atoms with Crippen LogP contribution in [0.4, 0.5) is 5.69 Å². The van der Waals surface area contributed by atoms with Crippen LogP contribution in [0.15, 0.2) is 59.5 Å². The van der Waals surface area contributed by atoms with Crippen molar-refractivity contribution in [1.82, 2.24) is 0 Å². The first-order chi connectivity index (χ1) is 16.5. The number of methoxy groups -OCH3 is 1. The van der Waals surface area contributed by atoms with E-state index in [1.807, 2.05) is 0 Å². The minimum Gasteiger partial charge on any atom is -0.497 e. The second-order valence-electron chi connectivity index (χ2n) is 7.68. The molecule has 0 saturated carbocycles. The number of nitrogens with zero attached hydrogens (tertiary/aromatic N) is 1. The summed E-state index contributed by atoms with van der Waals surface area (Å²) in [6.07, 6.45) is 0. The van der Waals surface area contributed by atoms with E-state index in [2.05, 4.69) is 0 Å². The number of anilines is 1. The molecule has 0 aromatic heterocycles. The van der Waals surface area contributed by atoms with Gasteiger partial charge in [-0.25, -0.2) is 8.42 Å². The molecule has 2 aliphatic rings. The molecule has 0 aliphatic carbocycles. The number of ether oxygens (including phenoxy) is 5. The SMILES string of the molecule is COc1ccc(N(Cc2cc(Cl)cc3c2OCOC3)S(=O)(=O)c2ccc3c(c2)OCCO3)cc1. The van der Waals surface area contributed by atoms with Crippen molar-refractivity contribution < 1.29 is 32.1 Å². The molecule has 0 radical (unpaired) electrons. The van der Waals surface area contributed by atoms with Crippen LogP contribution >= 0.6 is 11.6 Å². The third-order valence-electron chi connectivity index (χ3n) is 5.53. The van der Waals surface area contributed by atoms with Gasteiger partial charge in [-0.05, 0) is 48.5 Å². The summed E-state index contributed by atoms with van der Waals surface area (Å²) in [5.41, 5.74) is 1.85. The van der Waals surface area contributed by atoms with E-state index in [9.17, 15) is 8.42 Å². The summed E-state index contributed by atoms with van der Waals surface area (Å²) >= 11 is 6.34. The molecule has 0 fully saturated rings. The average Bonchev–Trinajstić information content (AvgIpc) is 2.86. The molecule has 0 bridgehead atoms. The Morgan fingerprint density at radius 2 is 1.74 bits per heavy atom. The fourth-order valence-electron chi connectivity index (χ4n) is 3.90. The van der Waals surface area contributed by atoms with E-state index in [0.717, 1.165) is 5.56 Å². The normalized spacial score (nSPS) is 14.6. The van der Waals surface area contributed by atoms with Crippen molar-refractivity contribution in [3.8, 4) is 23.0 Å². The molecule has 0 atom stereocenters. The number of fused-ring (bicyclic) bond motifs is 2. The second-order valence-corrected chi connectivity index (χ2v) is 9.98. The van der Waals surface area contributed by atoms with Gasteiger partial charge in [-0.3, -0.25) is 4.31 Å². The number of rotatable bonds is 6. The molecule has 0 spiro atoms. The highest BCUT2D eigenvalue weighted by molar-refractivity contribution is 7.92. The van der Waals surface area contributed by atoms with Gasteiger partial charge in [0, 0.05) is 22.2 Å². The lowest BCUT2D eigenvalue weighted by Gasteiger charge is -2.28. The Labute approximate surface area is 202 Å². The first-order valence-corrected chi connectivity index (χ1v) is 12.4. The standard InChI is InChI=1S/C24H22ClNO7S/c1-29-20-4-2-19(3-5-20)26(13-16-10-18(25)11-17-14-30-15-33-24(16)17)34(27,28)21-6-7-22-23(12-21)32-9-8-31-22/h2-7,10-12H,8-9,13-15H2,1H3. The lowest BCUT2D eigenvalue weighted by atomic mass is 10.1. The molecular formula is C24H22ClNO7S. The van der Waals surface area contributed by atoms with Crippen LogP contribution in [0, 0.1) is 0 Å². The van der Waals surface area contributed by atoms with Gasteiger partial charge in [0.25, 0.3) is 10.0 Å². The monoisotopic (exact) mass is 503 g/mol. The Hall–Kier alpha value is -3.14. The zero-order chi connectivity index (χ0) is 23.7. The van der Waals surface area contributed by atoms with Gasteiger partial charge in [0.15, 0.2) is 18.3 Å². The highest BCUT2D eigenvalue weighted by Gasteiger charge is 2.29. The first kappa shape index (κ1) is 22.6. The number of halogens is 1. The molecule has 5 rings (SSSR count). The lowest BCUT2D eigenvalue weighted by molar-refractivity contribution is -0.0170. The van der Waals surface area contributed by atoms with Crippen LogP contribution in [0.2, 0.25) is 5.02 Å². The first-order valence-electron chi connectivity index (χ1n) is 10.5. The van der Waals surface area contributed by atoms with Crippen molar-refractivity contribution in [3.05, 3.63) is 70.7 Å². The number of sulfonamides is 1. The van der Waals surface area contributed by atoms with Crippen LogP contribution < -0.4 is 23.3 Å². The van der Waals surface area contributed by atoms with Crippen molar-refractivity contribution in [2.45, 2.75) is 18.0 Å². The topological polar surface area (TPSA) is 83.5 Å². The third-order valence-corrected chi connectivity index (χ3v) is 7.52. The van der Waals surface area contributed by atoms with Crippen LogP contribution in [0.5, 0.6) is 23.0 Å². The van der Waals surface area contributed by atoms with E-state index in [-0.39, 0.29) is 18.2 Å². The molecule has 0 unspecified atom stereocenters. The number of hydrogen-bond acceptors (Lipinski definition) is 7. The summed E-state index contributed by atoms with van der Waals surface area (Å²) in [4.78, 5) is 0.0766. The van der Waals surface area contributed by atoms with Crippen molar-refractivity contribution in [2.75, 3.05) is 31.4 Å². The Morgan fingerprint density at radius 3 is 2.50 bits per heavy atom. The summed E-state index contributed by atoms with van der Waals surface area (Å²) < 4.78 is 56.6. The van der Waals surface area contributed by atoms with E-state index in [1.165, 1.54) is 16.4 Å².